The summed E-state index contributed by atoms with van der Waals surface area (Å²) < 4.78 is 10.7. The third kappa shape index (κ3) is 3.86. The molecule has 0 atom stereocenters. The van der Waals surface area contributed by atoms with Crippen LogP contribution in [0, 0.1) is 0 Å². The van der Waals surface area contributed by atoms with E-state index < -0.39 is 0 Å². The summed E-state index contributed by atoms with van der Waals surface area (Å²) in [6.07, 6.45) is 1.47. The van der Waals surface area contributed by atoms with Gasteiger partial charge in [-0.15, -0.1) is 11.3 Å². The van der Waals surface area contributed by atoms with Gasteiger partial charge in [-0.05, 0) is 29.7 Å². The van der Waals surface area contributed by atoms with Gasteiger partial charge in [0.15, 0.2) is 11.5 Å². The smallest absolute Gasteiger partial charge is 0.270 e. The van der Waals surface area contributed by atoms with Crippen molar-refractivity contribution in [2.75, 3.05) is 13.3 Å². The molecule has 1 aromatic heterocycles. The van der Waals surface area contributed by atoms with Crippen LogP contribution in [-0.4, -0.2) is 24.2 Å². The molecule has 2 aromatic carbocycles. The molecule has 3 aromatic rings. The lowest BCUT2D eigenvalue weighted by atomic mass is 10.1. The number of hydrogen-bond donors (Lipinski definition) is 1. The average Bonchev–Trinajstić information content (AvgIpc) is 3.31. The number of aromatic nitrogens is 1. The van der Waals surface area contributed by atoms with E-state index in [9.17, 15) is 4.79 Å². The number of nitrogens with one attached hydrogen (secondary N) is 1. The first kappa shape index (κ1) is 16.6. The van der Waals surface area contributed by atoms with Crippen LogP contribution in [0.15, 0.2) is 53.9 Å². The van der Waals surface area contributed by atoms with Crippen molar-refractivity contribution in [3.63, 3.8) is 0 Å². The Morgan fingerprint density at radius 2 is 1.92 bits per heavy atom. The van der Waals surface area contributed by atoms with Crippen molar-refractivity contribution >= 4 is 17.2 Å². The highest BCUT2D eigenvalue weighted by Crippen LogP contribution is 2.32. The minimum absolute atomic E-state index is 0.138. The topological polar surface area (TPSA) is 60.5 Å². The highest BCUT2D eigenvalue weighted by Gasteiger charge is 2.14. The minimum Gasteiger partial charge on any atom is -0.454 e. The summed E-state index contributed by atoms with van der Waals surface area (Å²) in [7, 11) is 0. The SMILES string of the molecule is O=C(NCCc1ccc2c(c1)OCO2)c1csc(Cc2ccccc2)n1. The van der Waals surface area contributed by atoms with Crippen LogP contribution >= 0.6 is 11.3 Å². The van der Waals surface area contributed by atoms with Gasteiger partial charge in [-0.1, -0.05) is 36.4 Å². The molecule has 1 N–H and O–H groups in total. The first-order valence-electron chi connectivity index (χ1n) is 8.43. The number of fused-ring (bicyclic) bond motifs is 1. The van der Waals surface area contributed by atoms with E-state index in [2.05, 4.69) is 22.4 Å². The van der Waals surface area contributed by atoms with Crippen molar-refractivity contribution in [1.29, 1.82) is 0 Å². The Morgan fingerprint density at radius 1 is 1.08 bits per heavy atom. The van der Waals surface area contributed by atoms with Crippen LogP contribution in [0.5, 0.6) is 11.5 Å². The molecule has 5 nitrogen and oxygen atoms in total. The highest BCUT2D eigenvalue weighted by atomic mass is 32.1. The van der Waals surface area contributed by atoms with E-state index in [1.807, 2.05) is 41.8 Å². The number of nitrogens with zero attached hydrogens (tertiary/aromatic N) is 1. The maximum Gasteiger partial charge on any atom is 0.270 e. The predicted octanol–water partition coefficient (Wildman–Crippen LogP) is 3.44. The first-order chi connectivity index (χ1) is 12.8. The number of rotatable bonds is 6. The first-order valence-corrected chi connectivity index (χ1v) is 9.31. The fourth-order valence-corrected chi connectivity index (χ4v) is 3.58. The summed E-state index contributed by atoms with van der Waals surface area (Å²) in [5, 5.41) is 5.68. The number of amides is 1. The van der Waals surface area contributed by atoms with E-state index in [0.29, 0.717) is 12.2 Å². The third-order valence-electron chi connectivity index (χ3n) is 4.12. The molecule has 0 unspecified atom stereocenters. The van der Waals surface area contributed by atoms with E-state index in [1.54, 1.807) is 0 Å². The quantitative estimate of drug-likeness (QED) is 0.726. The zero-order valence-corrected chi connectivity index (χ0v) is 14.9. The normalized spacial score (nSPS) is 12.2. The lowest BCUT2D eigenvalue weighted by molar-refractivity contribution is 0.0949. The number of ether oxygens (including phenoxy) is 2. The molecule has 6 heteroatoms. The van der Waals surface area contributed by atoms with Crippen molar-refractivity contribution in [3.8, 4) is 11.5 Å². The van der Waals surface area contributed by atoms with Crippen molar-refractivity contribution < 1.29 is 14.3 Å². The fraction of sp³-hybridized carbons (Fsp3) is 0.200. The Kier molecular flexibility index (Phi) is 4.84. The Hall–Kier alpha value is -2.86. The molecule has 1 amide bonds. The molecule has 26 heavy (non-hydrogen) atoms. The zero-order chi connectivity index (χ0) is 17.8. The summed E-state index contributed by atoms with van der Waals surface area (Å²) in [5.74, 6) is 1.39. The van der Waals surface area contributed by atoms with Crippen LogP contribution in [0.3, 0.4) is 0 Å². The molecular formula is C20H18N2O3S. The van der Waals surface area contributed by atoms with Crippen LogP contribution in [0.25, 0.3) is 0 Å². The van der Waals surface area contributed by atoms with Gasteiger partial charge >= 0.3 is 0 Å². The Labute approximate surface area is 155 Å². The van der Waals surface area contributed by atoms with E-state index >= 15 is 0 Å². The summed E-state index contributed by atoms with van der Waals surface area (Å²) in [6, 6.07) is 16.0. The molecule has 132 valence electrons. The van der Waals surface area contributed by atoms with Crippen molar-refractivity contribution in [1.82, 2.24) is 10.3 Å². The second-order valence-corrected chi connectivity index (χ2v) is 6.93. The fourth-order valence-electron chi connectivity index (χ4n) is 2.77. The van der Waals surface area contributed by atoms with Gasteiger partial charge in [0.25, 0.3) is 5.91 Å². The maximum atomic E-state index is 12.3. The van der Waals surface area contributed by atoms with Gasteiger partial charge in [-0.25, -0.2) is 4.98 Å². The molecule has 0 saturated heterocycles. The van der Waals surface area contributed by atoms with Gasteiger partial charge < -0.3 is 14.8 Å². The third-order valence-corrected chi connectivity index (χ3v) is 4.97. The largest absolute Gasteiger partial charge is 0.454 e. The summed E-state index contributed by atoms with van der Waals surface area (Å²) >= 11 is 1.51. The Bertz CT molecular complexity index is 908. The maximum absolute atomic E-state index is 12.3. The highest BCUT2D eigenvalue weighted by molar-refractivity contribution is 7.09. The zero-order valence-electron chi connectivity index (χ0n) is 14.1. The molecule has 0 radical (unpaired) electrons. The van der Waals surface area contributed by atoms with Crippen LogP contribution in [0.1, 0.15) is 26.6 Å². The monoisotopic (exact) mass is 366 g/mol. The van der Waals surface area contributed by atoms with Crippen LogP contribution in [0.4, 0.5) is 0 Å². The van der Waals surface area contributed by atoms with Gasteiger partial charge in [-0.3, -0.25) is 4.79 Å². The lowest BCUT2D eigenvalue weighted by Crippen LogP contribution is -2.26. The Morgan fingerprint density at radius 3 is 2.81 bits per heavy atom. The molecule has 0 bridgehead atoms. The second-order valence-electron chi connectivity index (χ2n) is 5.98. The van der Waals surface area contributed by atoms with Gasteiger partial charge in [-0.2, -0.15) is 0 Å². The molecule has 0 spiro atoms. The van der Waals surface area contributed by atoms with E-state index in [-0.39, 0.29) is 12.7 Å². The standard InChI is InChI=1S/C20H18N2O3S/c23-20(16-12-26-19(22-16)11-14-4-2-1-3-5-14)21-9-8-15-6-7-17-18(10-15)25-13-24-17/h1-7,10,12H,8-9,11,13H2,(H,21,23). The van der Waals surface area contributed by atoms with E-state index in [1.165, 1.54) is 16.9 Å². The molecule has 2 heterocycles. The van der Waals surface area contributed by atoms with E-state index in [4.69, 9.17) is 9.47 Å². The number of benzene rings is 2. The summed E-state index contributed by atoms with van der Waals surface area (Å²) in [5.41, 5.74) is 2.76. The molecule has 0 fully saturated rings. The average molecular weight is 366 g/mol. The molecule has 4 rings (SSSR count). The van der Waals surface area contributed by atoms with Gasteiger partial charge in [0.2, 0.25) is 6.79 Å². The minimum atomic E-state index is -0.138. The van der Waals surface area contributed by atoms with E-state index in [0.717, 1.165) is 34.9 Å². The molecule has 0 aliphatic carbocycles. The number of carbonyl (C=O) groups is 1. The van der Waals surface area contributed by atoms with Crippen molar-refractivity contribution in [2.24, 2.45) is 0 Å². The number of thiazole rings is 1. The Balaban J connectivity index is 1.30. The molecular weight excluding hydrogens is 348 g/mol. The van der Waals surface area contributed by atoms with Crippen LogP contribution in [0.2, 0.25) is 0 Å². The van der Waals surface area contributed by atoms with Gasteiger partial charge in [0.05, 0.1) is 5.01 Å². The summed E-state index contributed by atoms with van der Waals surface area (Å²) in [6.45, 7) is 0.814. The summed E-state index contributed by atoms with van der Waals surface area (Å²) in [4.78, 5) is 16.7. The predicted molar refractivity (Wildman–Crippen MR) is 100.0 cm³/mol. The van der Waals surface area contributed by atoms with Gasteiger partial charge in [0, 0.05) is 18.3 Å². The number of carbonyl (C=O) groups excluding carboxylic acids is 1. The van der Waals surface area contributed by atoms with Gasteiger partial charge in [0.1, 0.15) is 5.69 Å². The lowest BCUT2D eigenvalue weighted by Gasteiger charge is -2.05. The van der Waals surface area contributed by atoms with Crippen LogP contribution < -0.4 is 14.8 Å². The molecule has 0 saturated carbocycles. The molecule has 1 aliphatic rings. The van der Waals surface area contributed by atoms with Crippen molar-refractivity contribution in [2.45, 2.75) is 12.8 Å². The van der Waals surface area contributed by atoms with Crippen LogP contribution in [-0.2, 0) is 12.8 Å². The molecule has 1 aliphatic heterocycles. The number of hydrogen-bond acceptors (Lipinski definition) is 5. The second kappa shape index (κ2) is 7.58. The van der Waals surface area contributed by atoms with Crippen molar-refractivity contribution in [3.05, 3.63) is 75.7 Å².